The maximum atomic E-state index is 13.7. The first-order valence-corrected chi connectivity index (χ1v) is 7.67. The number of carbonyl (C=O) groups excluding carboxylic acids is 1. The van der Waals surface area contributed by atoms with Gasteiger partial charge in [-0.3, -0.25) is 9.69 Å². The van der Waals surface area contributed by atoms with E-state index < -0.39 is 0 Å². The number of benzene rings is 2. The summed E-state index contributed by atoms with van der Waals surface area (Å²) in [5.41, 5.74) is 7.26. The Morgan fingerprint density at radius 3 is 2.68 bits per heavy atom. The smallest absolute Gasteiger partial charge is 0.270 e. The molecule has 2 N–H and O–H groups in total. The Kier molecular flexibility index (Phi) is 3.96. The van der Waals surface area contributed by atoms with E-state index in [-0.39, 0.29) is 11.7 Å². The van der Waals surface area contributed by atoms with Crippen molar-refractivity contribution in [3.8, 4) is 0 Å². The average molecular weight is 330 g/mol. The second kappa shape index (κ2) is 5.90. The average Bonchev–Trinajstić information content (AvgIpc) is 2.76. The Hall–Kier alpha value is -2.18. The van der Waals surface area contributed by atoms with E-state index >= 15 is 0 Å². The van der Waals surface area contributed by atoms with Crippen LogP contribution in [0.4, 0.5) is 15.8 Å². The SMILES string of the molecule is Nc1cccc(N2C(=O)/C(=C\c3ccccc3F)SC2=S)c1. The van der Waals surface area contributed by atoms with Gasteiger partial charge in [-0.15, -0.1) is 0 Å². The summed E-state index contributed by atoms with van der Waals surface area (Å²) in [4.78, 5) is 14.3. The van der Waals surface area contributed by atoms with Crippen LogP contribution < -0.4 is 10.6 Å². The van der Waals surface area contributed by atoms with Crippen LogP contribution in [0.15, 0.2) is 53.4 Å². The van der Waals surface area contributed by atoms with Gasteiger partial charge >= 0.3 is 0 Å². The highest BCUT2D eigenvalue weighted by Gasteiger charge is 2.33. The summed E-state index contributed by atoms with van der Waals surface area (Å²) < 4.78 is 14.1. The van der Waals surface area contributed by atoms with Gasteiger partial charge in [0.15, 0.2) is 4.32 Å². The van der Waals surface area contributed by atoms with Gasteiger partial charge in [0.2, 0.25) is 0 Å². The lowest BCUT2D eigenvalue weighted by atomic mass is 10.2. The van der Waals surface area contributed by atoms with Crippen molar-refractivity contribution < 1.29 is 9.18 Å². The molecular weight excluding hydrogens is 319 g/mol. The zero-order valence-corrected chi connectivity index (χ0v) is 13.0. The Bertz CT molecular complexity index is 804. The third-order valence-corrected chi connectivity index (χ3v) is 4.42. The fraction of sp³-hybridized carbons (Fsp3) is 0. The van der Waals surface area contributed by atoms with Crippen LogP contribution in [-0.2, 0) is 4.79 Å². The van der Waals surface area contributed by atoms with Crippen LogP contribution in [0, 0.1) is 5.82 Å². The second-order valence-electron chi connectivity index (χ2n) is 4.63. The zero-order chi connectivity index (χ0) is 15.7. The number of hydrogen-bond donors (Lipinski definition) is 1. The van der Waals surface area contributed by atoms with Crippen LogP contribution >= 0.6 is 24.0 Å². The number of nitrogens with two attached hydrogens (primary N) is 1. The van der Waals surface area contributed by atoms with Gasteiger partial charge in [0.05, 0.1) is 10.6 Å². The van der Waals surface area contributed by atoms with E-state index in [9.17, 15) is 9.18 Å². The number of thioether (sulfide) groups is 1. The normalized spacial score (nSPS) is 16.6. The number of anilines is 2. The van der Waals surface area contributed by atoms with Crippen molar-refractivity contribution in [3.05, 3.63) is 64.8 Å². The Balaban J connectivity index is 1.97. The zero-order valence-electron chi connectivity index (χ0n) is 11.3. The third-order valence-electron chi connectivity index (χ3n) is 3.11. The molecule has 110 valence electrons. The number of rotatable bonds is 2. The first-order valence-electron chi connectivity index (χ1n) is 6.44. The van der Waals surface area contributed by atoms with Gasteiger partial charge in [-0.1, -0.05) is 48.2 Å². The molecule has 1 amide bonds. The van der Waals surface area contributed by atoms with Crippen LogP contribution in [0.5, 0.6) is 0 Å². The molecule has 2 aromatic rings. The molecule has 0 saturated carbocycles. The monoisotopic (exact) mass is 330 g/mol. The molecule has 3 rings (SSSR count). The summed E-state index contributed by atoms with van der Waals surface area (Å²) in [7, 11) is 0. The molecule has 0 atom stereocenters. The van der Waals surface area contributed by atoms with E-state index in [4.69, 9.17) is 18.0 Å². The summed E-state index contributed by atoms with van der Waals surface area (Å²) in [6.45, 7) is 0. The molecule has 3 nitrogen and oxygen atoms in total. The Labute approximate surface area is 136 Å². The summed E-state index contributed by atoms with van der Waals surface area (Å²) in [6, 6.07) is 13.2. The molecule has 1 aliphatic heterocycles. The van der Waals surface area contributed by atoms with Crippen molar-refractivity contribution in [2.75, 3.05) is 10.6 Å². The van der Waals surface area contributed by atoms with Gasteiger partial charge in [0, 0.05) is 11.3 Å². The minimum atomic E-state index is -0.378. The largest absolute Gasteiger partial charge is 0.399 e. The van der Waals surface area contributed by atoms with Crippen molar-refractivity contribution in [1.29, 1.82) is 0 Å². The molecule has 0 unspecified atom stereocenters. The van der Waals surface area contributed by atoms with E-state index in [0.29, 0.717) is 26.2 Å². The van der Waals surface area contributed by atoms with Crippen molar-refractivity contribution in [2.24, 2.45) is 0 Å². The molecule has 0 aliphatic carbocycles. The summed E-state index contributed by atoms with van der Waals surface area (Å²) in [5.74, 6) is -0.652. The summed E-state index contributed by atoms with van der Waals surface area (Å²) in [6.07, 6.45) is 1.51. The number of amides is 1. The van der Waals surface area contributed by atoms with Gasteiger partial charge in [-0.2, -0.15) is 0 Å². The first kappa shape index (κ1) is 14.7. The van der Waals surface area contributed by atoms with Crippen LogP contribution in [0.1, 0.15) is 5.56 Å². The predicted molar refractivity (Wildman–Crippen MR) is 92.9 cm³/mol. The number of nitrogen functional groups attached to an aromatic ring is 1. The molecule has 0 spiro atoms. The van der Waals surface area contributed by atoms with Crippen LogP contribution in [-0.4, -0.2) is 10.2 Å². The highest BCUT2D eigenvalue weighted by atomic mass is 32.2. The summed E-state index contributed by atoms with van der Waals surface area (Å²) in [5, 5.41) is 0. The molecule has 1 heterocycles. The molecule has 0 bridgehead atoms. The second-order valence-corrected chi connectivity index (χ2v) is 6.31. The maximum Gasteiger partial charge on any atom is 0.270 e. The predicted octanol–water partition coefficient (Wildman–Crippen LogP) is 3.81. The molecule has 1 fully saturated rings. The topological polar surface area (TPSA) is 46.3 Å². The van der Waals surface area contributed by atoms with Gasteiger partial charge in [-0.05, 0) is 30.3 Å². The van der Waals surface area contributed by atoms with Gasteiger partial charge in [-0.25, -0.2) is 4.39 Å². The summed E-state index contributed by atoms with van der Waals surface area (Å²) >= 11 is 6.41. The molecule has 6 heteroatoms. The van der Waals surface area contributed by atoms with E-state index in [1.165, 1.54) is 17.0 Å². The van der Waals surface area contributed by atoms with Crippen LogP contribution in [0.25, 0.3) is 6.08 Å². The first-order chi connectivity index (χ1) is 10.6. The lowest BCUT2D eigenvalue weighted by Crippen LogP contribution is -2.27. The molecule has 0 aromatic heterocycles. The molecular formula is C16H11FN2OS2. The quantitative estimate of drug-likeness (QED) is 0.517. The van der Waals surface area contributed by atoms with E-state index in [0.717, 1.165) is 11.8 Å². The maximum absolute atomic E-state index is 13.7. The van der Waals surface area contributed by atoms with E-state index in [1.54, 1.807) is 42.5 Å². The highest BCUT2D eigenvalue weighted by molar-refractivity contribution is 8.27. The lowest BCUT2D eigenvalue weighted by Gasteiger charge is -2.14. The van der Waals surface area contributed by atoms with E-state index in [2.05, 4.69) is 0 Å². The fourth-order valence-electron chi connectivity index (χ4n) is 2.09. The van der Waals surface area contributed by atoms with Crippen LogP contribution in [0.2, 0.25) is 0 Å². The minimum absolute atomic E-state index is 0.274. The Morgan fingerprint density at radius 1 is 1.18 bits per heavy atom. The standard InChI is InChI=1S/C16H11FN2OS2/c17-13-7-2-1-4-10(13)8-14-15(20)19(16(21)22-14)12-6-3-5-11(18)9-12/h1-9H,18H2/b14-8+. The van der Waals surface area contributed by atoms with Gasteiger partial charge in [0.25, 0.3) is 5.91 Å². The van der Waals surface area contributed by atoms with Crippen molar-refractivity contribution in [2.45, 2.75) is 0 Å². The number of hydrogen-bond acceptors (Lipinski definition) is 4. The molecule has 0 radical (unpaired) electrons. The molecule has 1 saturated heterocycles. The highest BCUT2D eigenvalue weighted by Crippen LogP contribution is 2.36. The number of thiocarbonyl (C=S) groups is 1. The van der Waals surface area contributed by atoms with E-state index in [1.807, 2.05) is 0 Å². The number of nitrogens with zero attached hydrogens (tertiary/aromatic N) is 1. The lowest BCUT2D eigenvalue weighted by molar-refractivity contribution is -0.113. The number of carbonyl (C=O) groups is 1. The molecule has 22 heavy (non-hydrogen) atoms. The van der Waals surface area contributed by atoms with Crippen molar-refractivity contribution in [1.82, 2.24) is 0 Å². The van der Waals surface area contributed by atoms with Crippen molar-refractivity contribution in [3.63, 3.8) is 0 Å². The van der Waals surface area contributed by atoms with Gasteiger partial charge < -0.3 is 5.73 Å². The van der Waals surface area contributed by atoms with Crippen LogP contribution in [0.3, 0.4) is 0 Å². The van der Waals surface area contributed by atoms with Crippen molar-refractivity contribution >= 4 is 51.7 Å². The Morgan fingerprint density at radius 2 is 1.95 bits per heavy atom. The van der Waals surface area contributed by atoms with Gasteiger partial charge in [0.1, 0.15) is 5.82 Å². The number of halogens is 1. The minimum Gasteiger partial charge on any atom is -0.399 e. The molecule has 1 aliphatic rings. The molecule has 2 aromatic carbocycles. The third kappa shape index (κ3) is 2.75. The fourth-order valence-corrected chi connectivity index (χ4v) is 3.38.